The molecule has 8 heteroatoms. The van der Waals surface area contributed by atoms with Gasteiger partial charge in [0, 0.05) is 22.6 Å². The second-order valence-electron chi connectivity index (χ2n) is 6.60. The van der Waals surface area contributed by atoms with E-state index in [4.69, 9.17) is 16.3 Å². The molecule has 28 heavy (non-hydrogen) atoms. The normalized spacial score (nSPS) is 16.7. The lowest BCUT2D eigenvalue weighted by Crippen LogP contribution is -2.37. The number of carbonyl (C=O) groups is 1. The molecule has 2 atom stereocenters. The number of benzene rings is 2. The van der Waals surface area contributed by atoms with Gasteiger partial charge in [-0.3, -0.25) is 4.79 Å². The topological polar surface area (TPSA) is 81.9 Å². The molecule has 1 N–H and O–H groups in total. The fourth-order valence-electron chi connectivity index (χ4n) is 3.29. The summed E-state index contributed by atoms with van der Waals surface area (Å²) < 4.78 is 5.67. The van der Waals surface area contributed by atoms with Crippen molar-refractivity contribution < 1.29 is 9.53 Å². The van der Waals surface area contributed by atoms with Crippen LogP contribution >= 0.6 is 11.6 Å². The number of ether oxygens (including phenoxy) is 1. The fraction of sp³-hybridized carbons (Fsp3) is 0.300. The summed E-state index contributed by atoms with van der Waals surface area (Å²) in [5.74, 6) is 1.14. The lowest BCUT2D eigenvalue weighted by molar-refractivity contribution is -0.126. The van der Waals surface area contributed by atoms with Crippen molar-refractivity contribution in [2.24, 2.45) is 0 Å². The van der Waals surface area contributed by atoms with Gasteiger partial charge in [0.05, 0.1) is 12.6 Å². The fourth-order valence-corrected chi connectivity index (χ4v) is 3.41. The van der Waals surface area contributed by atoms with Crippen LogP contribution in [0, 0.1) is 0 Å². The molecule has 1 aromatic heterocycles. The van der Waals surface area contributed by atoms with E-state index in [-0.39, 0.29) is 11.9 Å². The van der Waals surface area contributed by atoms with Crippen LogP contribution in [-0.4, -0.2) is 32.7 Å². The smallest absolute Gasteiger partial charge is 0.247 e. The molecule has 1 aliphatic rings. The van der Waals surface area contributed by atoms with Crippen molar-refractivity contribution in [3.05, 3.63) is 59.1 Å². The van der Waals surface area contributed by atoms with Crippen LogP contribution in [0.15, 0.2) is 48.5 Å². The standard InChI is InChI=1S/C20H20ClN5O2/c1-2-17(26-24-19(23-25-26)13-7-9-14(21)10-8-13)20(27)22-16-11-12-28-18-6-4-3-5-15(16)18/h3-10,16-17H,2,11-12H2,1H3,(H,22,27)/t16-,17+/m1/s1. The molecule has 144 valence electrons. The molecule has 0 saturated heterocycles. The zero-order valence-electron chi connectivity index (χ0n) is 15.4. The average Bonchev–Trinajstić information content (AvgIpc) is 3.19. The molecule has 0 spiro atoms. The van der Waals surface area contributed by atoms with Crippen LogP contribution in [0.25, 0.3) is 11.4 Å². The molecule has 0 bridgehead atoms. The highest BCUT2D eigenvalue weighted by molar-refractivity contribution is 6.30. The van der Waals surface area contributed by atoms with Crippen molar-refractivity contribution in [3.8, 4) is 17.1 Å². The third-order valence-electron chi connectivity index (χ3n) is 4.77. The molecule has 0 aliphatic carbocycles. The number of carbonyl (C=O) groups excluding carboxylic acids is 1. The van der Waals surface area contributed by atoms with E-state index in [2.05, 4.69) is 20.7 Å². The van der Waals surface area contributed by atoms with Crippen molar-refractivity contribution in [1.29, 1.82) is 0 Å². The van der Waals surface area contributed by atoms with Gasteiger partial charge in [0.15, 0.2) is 6.04 Å². The highest BCUT2D eigenvalue weighted by Gasteiger charge is 2.28. The quantitative estimate of drug-likeness (QED) is 0.711. The van der Waals surface area contributed by atoms with Gasteiger partial charge in [-0.1, -0.05) is 36.7 Å². The summed E-state index contributed by atoms with van der Waals surface area (Å²) in [6.07, 6.45) is 1.27. The summed E-state index contributed by atoms with van der Waals surface area (Å²) in [5, 5.41) is 16.3. The molecule has 0 unspecified atom stereocenters. The minimum absolute atomic E-state index is 0.0919. The van der Waals surface area contributed by atoms with Crippen LogP contribution in [0.3, 0.4) is 0 Å². The Morgan fingerprint density at radius 2 is 2.07 bits per heavy atom. The van der Waals surface area contributed by atoms with Gasteiger partial charge >= 0.3 is 0 Å². The van der Waals surface area contributed by atoms with Crippen LogP contribution in [0.1, 0.15) is 37.4 Å². The summed E-state index contributed by atoms with van der Waals surface area (Å²) in [6.45, 7) is 2.49. The van der Waals surface area contributed by atoms with E-state index in [1.807, 2.05) is 43.3 Å². The third-order valence-corrected chi connectivity index (χ3v) is 5.03. The Labute approximate surface area is 167 Å². The van der Waals surface area contributed by atoms with Crippen molar-refractivity contribution in [2.75, 3.05) is 6.61 Å². The molecule has 1 aliphatic heterocycles. The second-order valence-corrected chi connectivity index (χ2v) is 7.04. The first-order valence-electron chi connectivity index (χ1n) is 9.23. The molecule has 0 fully saturated rings. The lowest BCUT2D eigenvalue weighted by atomic mass is 10.00. The van der Waals surface area contributed by atoms with Crippen molar-refractivity contribution in [2.45, 2.75) is 31.8 Å². The van der Waals surface area contributed by atoms with Gasteiger partial charge in [-0.15, -0.1) is 10.2 Å². The monoisotopic (exact) mass is 397 g/mol. The predicted octanol–water partition coefficient (Wildman–Crippen LogP) is 3.58. The number of nitrogens with zero attached hydrogens (tertiary/aromatic N) is 4. The first-order valence-corrected chi connectivity index (χ1v) is 9.61. The number of amides is 1. The molecule has 1 amide bonds. The van der Waals surface area contributed by atoms with Gasteiger partial charge in [0.2, 0.25) is 11.7 Å². The maximum atomic E-state index is 12.9. The van der Waals surface area contributed by atoms with Crippen molar-refractivity contribution in [1.82, 2.24) is 25.5 Å². The molecule has 7 nitrogen and oxygen atoms in total. The predicted molar refractivity (Wildman–Crippen MR) is 105 cm³/mol. The average molecular weight is 398 g/mol. The van der Waals surface area contributed by atoms with E-state index in [1.54, 1.807) is 12.1 Å². The van der Waals surface area contributed by atoms with Gasteiger partial charge in [-0.05, 0) is 42.0 Å². The number of hydrogen-bond donors (Lipinski definition) is 1. The first kappa shape index (κ1) is 18.4. The zero-order valence-corrected chi connectivity index (χ0v) is 16.1. The second kappa shape index (κ2) is 7.98. The molecule has 2 heterocycles. The van der Waals surface area contributed by atoms with Crippen LogP contribution < -0.4 is 10.1 Å². The van der Waals surface area contributed by atoms with E-state index >= 15 is 0 Å². The minimum Gasteiger partial charge on any atom is -0.493 e. The van der Waals surface area contributed by atoms with Crippen LogP contribution in [0.2, 0.25) is 5.02 Å². The summed E-state index contributed by atoms with van der Waals surface area (Å²) in [5.41, 5.74) is 1.79. The van der Waals surface area contributed by atoms with Crippen molar-refractivity contribution >= 4 is 17.5 Å². The Morgan fingerprint density at radius 3 is 2.86 bits per heavy atom. The number of nitrogens with one attached hydrogen (secondary N) is 1. The Balaban J connectivity index is 1.52. The van der Waals surface area contributed by atoms with E-state index in [0.29, 0.717) is 23.9 Å². The van der Waals surface area contributed by atoms with E-state index in [1.165, 1.54) is 4.80 Å². The first-order chi connectivity index (χ1) is 13.7. The molecule has 2 aromatic carbocycles. The van der Waals surface area contributed by atoms with E-state index in [9.17, 15) is 4.79 Å². The minimum atomic E-state index is -0.538. The number of fused-ring (bicyclic) bond motifs is 1. The Bertz CT molecular complexity index is 973. The van der Waals surface area contributed by atoms with Gasteiger partial charge in [0.25, 0.3) is 0 Å². The van der Waals surface area contributed by atoms with Gasteiger partial charge in [0.1, 0.15) is 5.75 Å². The van der Waals surface area contributed by atoms with Crippen molar-refractivity contribution in [3.63, 3.8) is 0 Å². The Hall–Kier alpha value is -2.93. The van der Waals surface area contributed by atoms with Gasteiger partial charge in [-0.25, -0.2) is 0 Å². The Kier molecular flexibility index (Phi) is 5.25. The van der Waals surface area contributed by atoms with E-state index < -0.39 is 6.04 Å². The molecule has 0 saturated carbocycles. The SMILES string of the molecule is CC[C@@H](C(=O)N[C@@H]1CCOc2ccccc21)n1nnc(-c2ccc(Cl)cc2)n1. The number of hydrogen-bond acceptors (Lipinski definition) is 5. The summed E-state index contributed by atoms with van der Waals surface area (Å²) in [6, 6.07) is 14.3. The molecule has 4 rings (SSSR count). The molecule has 3 aromatic rings. The summed E-state index contributed by atoms with van der Waals surface area (Å²) in [4.78, 5) is 14.3. The molecular formula is C20H20ClN5O2. The van der Waals surface area contributed by atoms with Crippen LogP contribution in [0.4, 0.5) is 0 Å². The highest BCUT2D eigenvalue weighted by Crippen LogP contribution is 2.32. The number of tetrazole rings is 1. The van der Waals surface area contributed by atoms with Gasteiger partial charge < -0.3 is 10.1 Å². The van der Waals surface area contributed by atoms with Crippen LogP contribution in [-0.2, 0) is 4.79 Å². The maximum Gasteiger partial charge on any atom is 0.247 e. The highest BCUT2D eigenvalue weighted by atomic mass is 35.5. The largest absolute Gasteiger partial charge is 0.493 e. The van der Waals surface area contributed by atoms with Crippen LogP contribution in [0.5, 0.6) is 5.75 Å². The number of para-hydroxylation sites is 1. The zero-order chi connectivity index (χ0) is 19.5. The number of rotatable bonds is 5. The number of halogens is 1. The maximum absolute atomic E-state index is 12.9. The Morgan fingerprint density at radius 1 is 1.29 bits per heavy atom. The number of aromatic nitrogens is 4. The summed E-state index contributed by atoms with van der Waals surface area (Å²) >= 11 is 5.92. The molecule has 0 radical (unpaired) electrons. The summed E-state index contributed by atoms with van der Waals surface area (Å²) in [7, 11) is 0. The lowest BCUT2D eigenvalue weighted by Gasteiger charge is -2.27. The molecular weight excluding hydrogens is 378 g/mol. The van der Waals surface area contributed by atoms with Gasteiger partial charge in [-0.2, -0.15) is 4.80 Å². The van der Waals surface area contributed by atoms with E-state index in [0.717, 1.165) is 23.3 Å². The third kappa shape index (κ3) is 3.71.